The smallest absolute Gasteiger partial charge is 0.257 e. The van der Waals surface area contributed by atoms with Gasteiger partial charge < -0.3 is 9.47 Å². The zero-order valence-electron chi connectivity index (χ0n) is 13.5. The first kappa shape index (κ1) is 16.4. The number of nitrogens with zero attached hydrogens (tertiary/aromatic N) is 1. The number of nitrogens with one attached hydrogen (secondary N) is 1. The number of thiazole rings is 1. The van der Waals surface area contributed by atoms with Gasteiger partial charge in [-0.25, -0.2) is 4.98 Å². The van der Waals surface area contributed by atoms with Gasteiger partial charge in [-0.05, 0) is 44.2 Å². The molecule has 0 radical (unpaired) electrons. The Bertz CT molecular complexity index is 860. The second-order valence-electron chi connectivity index (χ2n) is 5.23. The van der Waals surface area contributed by atoms with Crippen molar-refractivity contribution in [2.75, 3.05) is 18.7 Å². The molecule has 1 aromatic heterocycles. The van der Waals surface area contributed by atoms with E-state index in [4.69, 9.17) is 9.47 Å². The molecule has 0 spiro atoms. The number of amides is 1. The van der Waals surface area contributed by atoms with Gasteiger partial charge in [0, 0.05) is 12.2 Å². The maximum atomic E-state index is 12.3. The average Bonchev–Trinajstić information content (AvgIpc) is 2.96. The first-order valence-electron chi connectivity index (χ1n) is 7.65. The van der Waals surface area contributed by atoms with Crippen molar-refractivity contribution in [3.8, 4) is 5.75 Å². The summed E-state index contributed by atoms with van der Waals surface area (Å²) in [5.41, 5.74) is 2.49. The molecule has 6 heteroatoms. The van der Waals surface area contributed by atoms with Crippen molar-refractivity contribution >= 4 is 32.6 Å². The maximum Gasteiger partial charge on any atom is 0.257 e. The van der Waals surface area contributed by atoms with Gasteiger partial charge in [0.15, 0.2) is 11.9 Å². The van der Waals surface area contributed by atoms with Gasteiger partial charge in [0.25, 0.3) is 5.91 Å². The predicted molar refractivity (Wildman–Crippen MR) is 95.9 cm³/mol. The number of aryl methyl sites for hydroxylation is 1. The van der Waals surface area contributed by atoms with Crippen molar-refractivity contribution in [2.45, 2.75) is 13.8 Å². The van der Waals surface area contributed by atoms with Crippen LogP contribution < -0.4 is 10.1 Å². The van der Waals surface area contributed by atoms with Crippen LogP contribution in [0.15, 0.2) is 42.5 Å². The van der Waals surface area contributed by atoms with E-state index in [2.05, 4.69) is 10.3 Å². The van der Waals surface area contributed by atoms with Crippen LogP contribution in [-0.4, -0.2) is 24.3 Å². The van der Waals surface area contributed by atoms with Gasteiger partial charge in [0.05, 0.1) is 10.2 Å². The number of hydrogen-bond acceptors (Lipinski definition) is 5. The molecule has 3 aromatic rings. The van der Waals surface area contributed by atoms with Crippen molar-refractivity contribution in [1.82, 2.24) is 4.98 Å². The van der Waals surface area contributed by atoms with E-state index in [1.807, 2.05) is 50.2 Å². The van der Waals surface area contributed by atoms with Gasteiger partial charge >= 0.3 is 0 Å². The zero-order chi connectivity index (χ0) is 16.9. The SMILES string of the molecule is CCOCOc1ccc2nc(NC(=O)c3cccc(C)c3)sc2c1. The van der Waals surface area contributed by atoms with E-state index >= 15 is 0 Å². The molecule has 1 amide bonds. The monoisotopic (exact) mass is 342 g/mol. The third-order valence-corrected chi connectivity index (χ3v) is 4.31. The number of aromatic nitrogens is 1. The fraction of sp³-hybridized carbons (Fsp3) is 0.222. The molecule has 1 N–H and O–H groups in total. The van der Waals surface area contributed by atoms with E-state index < -0.39 is 0 Å². The minimum absolute atomic E-state index is 0.162. The van der Waals surface area contributed by atoms with Crippen molar-refractivity contribution in [3.63, 3.8) is 0 Å². The Hall–Kier alpha value is -2.44. The Morgan fingerprint density at radius 3 is 2.92 bits per heavy atom. The average molecular weight is 342 g/mol. The first-order valence-corrected chi connectivity index (χ1v) is 8.46. The third-order valence-electron chi connectivity index (χ3n) is 3.37. The molecule has 2 aromatic carbocycles. The molecule has 5 nitrogen and oxygen atoms in total. The second kappa shape index (κ2) is 7.42. The summed E-state index contributed by atoms with van der Waals surface area (Å²) in [6, 6.07) is 13.1. The van der Waals surface area contributed by atoms with E-state index in [0.29, 0.717) is 17.3 Å². The number of carbonyl (C=O) groups excluding carboxylic acids is 1. The highest BCUT2D eigenvalue weighted by molar-refractivity contribution is 7.22. The Balaban J connectivity index is 1.74. The van der Waals surface area contributed by atoms with Crippen LogP contribution in [0.5, 0.6) is 5.75 Å². The van der Waals surface area contributed by atoms with Crippen LogP contribution in [0.4, 0.5) is 5.13 Å². The van der Waals surface area contributed by atoms with Gasteiger partial charge in [0.1, 0.15) is 5.75 Å². The molecule has 0 saturated heterocycles. The van der Waals surface area contributed by atoms with E-state index in [1.54, 1.807) is 6.07 Å². The summed E-state index contributed by atoms with van der Waals surface area (Å²) < 4.78 is 11.6. The van der Waals surface area contributed by atoms with Crippen LogP contribution in [0.25, 0.3) is 10.2 Å². The molecule has 0 aliphatic heterocycles. The number of rotatable bonds is 6. The van der Waals surface area contributed by atoms with Gasteiger partial charge in [-0.3, -0.25) is 10.1 Å². The van der Waals surface area contributed by atoms with Crippen LogP contribution in [0.2, 0.25) is 0 Å². The van der Waals surface area contributed by atoms with Crippen LogP contribution in [-0.2, 0) is 4.74 Å². The summed E-state index contributed by atoms with van der Waals surface area (Å²) in [5.74, 6) is 0.557. The van der Waals surface area contributed by atoms with Gasteiger partial charge in [-0.2, -0.15) is 0 Å². The molecule has 124 valence electrons. The highest BCUT2D eigenvalue weighted by atomic mass is 32.1. The molecule has 0 bridgehead atoms. The number of ether oxygens (including phenoxy) is 2. The van der Waals surface area contributed by atoms with E-state index in [9.17, 15) is 4.79 Å². The molecule has 24 heavy (non-hydrogen) atoms. The maximum absolute atomic E-state index is 12.3. The van der Waals surface area contributed by atoms with Crippen LogP contribution in [0.3, 0.4) is 0 Å². The molecule has 0 fully saturated rings. The van der Waals surface area contributed by atoms with Crippen molar-refractivity contribution < 1.29 is 14.3 Å². The molecular formula is C18H18N2O3S. The number of benzene rings is 2. The second-order valence-corrected chi connectivity index (χ2v) is 6.26. The molecule has 0 aliphatic carbocycles. The van der Waals surface area contributed by atoms with E-state index in [-0.39, 0.29) is 12.7 Å². The molecule has 0 saturated carbocycles. The highest BCUT2D eigenvalue weighted by Crippen LogP contribution is 2.29. The number of carbonyl (C=O) groups is 1. The Morgan fingerprint density at radius 1 is 1.25 bits per heavy atom. The quantitative estimate of drug-likeness (QED) is 0.538. The fourth-order valence-electron chi connectivity index (χ4n) is 2.20. The summed E-state index contributed by atoms with van der Waals surface area (Å²) in [6.07, 6.45) is 0. The summed E-state index contributed by atoms with van der Waals surface area (Å²) in [6.45, 7) is 4.70. The number of hydrogen-bond donors (Lipinski definition) is 1. The van der Waals surface area contributed by atoms with Crippen molar-refractivity contribution in [3.05, 3.63) is 53.6 Å². The van der Waals surface area contributed by atoms with E-state index in [0.717, 1.165) is 21.5 Å². The lowest BCUT2D eigenvalue weighted by atomic mass is 10.1. The largest absolute Gasteiger partial charge is 0.468 e. The molecule has 0 atom stereocenters. The summed E-state index contributed by atoms with van der Waals surface area (Å²) in [4.78, 5) is 16.7. The summed E-state index contributed by atoms with van der Waals surface area (Å²) >= 11 is 1.41. The van der Waals surface area contributed by atoms with Crippen LogP contribution in [0, 0.1) is 6.92 Å². The van der Waals surface area contributed by atoms with Gasteiger partial charge in [0.2, 0.25) is 0 Å². The van der Waals surface area contributed by atoms with Crippen molar-refractivity contribution in [1.29, 1.82) is 0 Å². The van der Waals surface area contributed by atoms with Crippen LogP contribution >= 0.6 is 11.3 Å². The summed E-state index contributed by atoms with van der Waals surface area (Å²) in [5, 5.41) is 3.42. The van der Waals surface area contributed by atoms with Crippen LogP contribution in [0.1, 0.15) is 22.8 Å². The standard InChI is InChI=1S/C18H18N2O3S/c1-3-22-11-23-14-7-8-15-16(10-14)24-18(19-15)20-17(21)13-6-4-5-12(2)9-13/h4-10H,3,11H2,1-2H3,(H,19,20,21). The molecule has 1 heterocycles. The molecule has 3 rings (SSSR count). The topological polar surface area (TPSA) is 60.5 Å². The normalized spacial score (nSPS) is 10.8. The van der Waals surface area contributed by atoms with Crippen molar-refractivity contribution in [2.24, 2.45) is 0 Å². The number of fused-ring (bicyclic) bond motifs is 1. The third kappa shape index (κ3) is 3.90. The minimum Gasteiger partial charge on any atom is -0.468 e. The van der Waals surface area contributed by atoms with E-state index in [1.165, 1.54) is 11.3 Å². The first-order chi connectivity index (χ1) is 11.7. The molecular weight excluding hydrogens is 324 g/mol. The highest BCUT2D eigenvalue weighted by Gasteiger charge is 2.10. The number of anilines is 1. The Kier molecular flexibility index (Phi) is 5.08. The predicted octanol–water partition coefficient (Wildman–Crippen LogP) is 4.23. The minimum atomic E-state index is -0.162. The lowest BCUT2D eigenvalue weighted by molar-refractivity contribution is 0.0225. The molecule has 0 unspecified atom stereocenters. The Labute approximate surface area is 144 Å². The lowest BCUT2D eigenvalue weighted by Gasteiger charge is -2.04. The Morgan fingerprint density at radius 2 is 2.12 bits per heavy atom. The summed E-state index contributed by atoms with van der Waals surface area (Å²) in [7, 11) is 0. The van der Waals surface area contributed by atoms with Gasteiger partial charge in [-0.1, -0.05) is 29.0 Å². The zero-order valence-corrected chi connectivity index (χ0v) is 14.4. The van der Waals surface area contributed by atoms with Gasteiger partial charge in [-0.15, -0.1) is 0 Å². The molecule has 0 aliphatic rings. The fourth-order valence-corrected chi connectivity index (χ4v) is 3.09. The lowest BCUT2D eigenvalue weighted by Crippen LogP contribution is -2.11.